The van der Waals surface area contributed by atoms with E-state index in [0.29, 0.717) is 41.4 Å². The van der Waals surface area contributed by atoms with Crippen LogP contribution in [0.4, 0.5) is 16.0 Å². The van der Waals surface area contributed by atoms with Crippen LogP contribution in [0.3, 0.4) is 0 Å². The zero-order valence-electron chi connectivity index (χ0n) is 16.8. The Morgan fingerprint density at radius 1 is 1.19 bits per heavy atom. The second-order valence-corrected chi connectivity index (χ2v) is 8.00. The van der Waals surface area contributed by atoms with Crippen molar-refractivity contribution in [3.63, 3.8) is 0 Å². The molecule has 1 atom stereocenters. The van der Waals surface area contributed by atoms with Crippen LogP contribution in [0, 0.1) is 5.82 Å². The van der Waals surface area contributed by atoms with Crippen LogP contribution in [-0.2, 0) is 6.42 Å². The summed E-state index contributed by atoms with van der Waals surface area (Å²) >= 11 is 1.41. The van der Waals surface area contributed by atoms with Crippen LogP contribution >= 0.6 is 11.3 Å². The van der Waals surface area contributed by atoms with Crippen molar-refractivity contribution in [1.29, 1.82) is 0 Å². The summed E-state index contributed by atoms with van der Waals surface area (Å²) in [5.74, 6) is -0.388. The van der Waals surface area contributed by atoms with Crippen molar-refractivity contribution < 1.29 is 9.18 Å². The topological polar surface area (TPSA) is 106 Å². The smallest absolute Gasteiger partial charge is 0.271 e. The first-order valence-electron chi connectivity index (χ1n) is 9.74. The monoisotopic (exact) mass is 436 g/mol. The average Bonchev–Trinajstić information content (AvgIpc) is 3.23. The molecule has 0 fully saturated rings. The minimum Gasteiger partial charge on any atom is -0.399 e. The number of nitrogens with two attached hydrogens (primary N) is 1. The molecule has 0 saturated heterocycles. The van der Waals surface area contributed by atoms with Crippen molar-refractivity contribution in [2.75, 3.05) is 17.6 Å². The van der Waals surface area contributed by atoms with Gasteiger partial charge in [0.2, 0.25) is 5.95 Å². The Balaban J connectivity index is 1.49. The number of benzene rings is 1. The normalized spacial score (nSPS) is 11.9. The molecule has 3 aromatic heterocycles. The highest BCUT2D eigenvalue weighted by Gasteiger charge is 2.17. The molecular formula is C22H21FN6OS. The quantitative estimate of drug-likeness (QED) is 0.379. The Hall–Kier alpha value is -3.59. The third-order valence-corrected chi connectivity index (χ3v) is 5.68. The van der Waals surface area contributed by atoms with Crippen molar-refractivity contribution in [3.8, 4) is 0 Å². The maximum atomic E-state index is 13.5. The van der Waals surface area contributed by atoms with Crippen molar-refractivity contribution in [1.82, 2.24) is 20.3 Å². The molecular weight excluding hydrogens is 415 g/mol. The molecule has 0 saturated carbocycles. The Labute approximate surface area is 182 Å². The van der Waals surface area contributed by atoms with Gasteiger partial charge in [-0.2, -0.15) is 0 Å². The lowest BCUT2D eigenvalue weighted by molar-refractivity contribution is 0.0951. The molecule has 1 unspecified atom stereocenters. The minimum atomic E-state index is -0.415. The molecule has 4 aromatic rings. The molecule has 0 spiro atoms. The number of amides is 1. The van der Waals surface area contributed by atoms with E-state index >= 15 is 0 Å². The molecule has 31 heavy (non-hydrogen) atoms. The van der Waals surface area contributed by atoms with Crippen LogP contribution < -0.4 is 16.4 Å². The molecule has 158 valence electrons. The van der Waals surface area contributed by atoms with E-state index < -0.39 is 5.82 Å². The summed E-state index contributed by atoms with van der Waals surface area (Å²) in [5.41, 5.74) is 9.13. The number of pyridine rings is 1. The number of rotatable bonds is 7. The van der Waals surface area contributed by atoms with Gasteiger partial charge in [-0.05, 0) is 54.1 Å². The molecule has 7 nitrogen and oxygen atoms in total. The fourth-order valence-electron chi connectivity index (χ4n) is 3.11. The average molecular weight is 437 g/mol. The predicted octanol–water partition coefficient (Wildman–Crippen LogP) is 3.95. The van der Waals surface area contributed by atoms with E-state index in [4.69, 9.17) is 5.73 Å². The molecule has 0 bridgehead atoms. The minimum absolute atomic E-state index is 0.270. The molecule has 4 rings (SSSR count). The Kier molecular flexibility index (Phi) is 6.03. The summed E-state index contributed by atoms with van der Waals surface area (Å²) in [6, 6.07) is 10.5. The number of thiophene rings is 1. The molecule has 3 heterocycles. The van der Waals surface area contributed by atoms with E-state index in [2.05, 4.69) is 25.6 Å². The Morgan fingerprint density at radius 2 is 2.00 bits per heavy atom. The van der Waals surface area contributed by atoms with E-state index in [1.54, 1.807) is 6.20 Å². The first-order chi connectivity index (χ1) is 15.0. The predicted molar refractivity (Wildman–Crippen MR) is 121 cm³/mol. The molecule has 0 radical (unpaired) electrons. The maximum absolute atomic E-state index is 13.5. The van der Waals surface area contributed by atoms with Crippen LogP contribution in [0.2, 0.25) is 0 Å². The van der Waals surface area contributed by atoms with Crippen molar-refractivity contribution in [2.24, 2.45) is 0 Å². The van der Waals surface area contributed by atoms with Gasteiger partial charge in [0.1, 0.15) is 5.82 Å². The number of nitrogen functional groups attached to an aromatic ring is 1. The number of hydrogen-bond donors (Lipinski definition) is 3. The summed E-state index contributed by atoms with van der Waals surface area (Å²) in [7, 11) is 0. The van der Waals surface area contributed by atoms with Gasteiger partial charge in [0.05, 0.1) is 22.5 Å². The van der Waals surface area contributed by atoms with Crippen molar-refractivity contribution in [3.05, 3.63) is 76.8 Å². The van der Waals surface area contributed by atoms with Gasteiger partial charge < -0.3 is 16.4 Å². The highest BCUT2D eigenvalue weighted by Crippen LogP contribution is 2.25. The number of aromatic nitrogens is 3. The molecule has 0 aliphatic carbocycles. The first kappa shape index (κ1) is 20.7. The van der Waals surface area contributed by atoms with E-state index in [0.717, 1.165) is 16.5 Å². The first-order valence-corrected chi connectivity index (χ1v) is 10.6. The lowest BCUT2D eigenvalue weighted by Gasteiger charge is -2.15. The maximum Gasteiger partial charge on any atom is 0.271 e. The lowest BCUT2D eigenvalue weighted by atomic mass is 10.1. The number of carbonyl (C=O) groups excluding carboxylic acids is 1. The summed E-state index contributed by atoms with van der Waals surface area (Å²) in [6.45, 7) is 2.32. The number of anilines is 2. The fourth-order valence-corrected chi connectivity index (χ4v) is 3.93. The third kappa shape index (κ3) is 4.95. The molecule has 0 aliphatic rings. The van der Waals surface area contributed by atoms with E-state index in [1.807, 2.05) is 42.6 Å². The van der Waals surface area contributed by atoms with Gasteiger partial charge in [-0.3, -0.25) is 9.78 Å². The van der Waals surface area contributed by atoms with Crippen molar-refractivity contribution >= 4 is 39.1 Å². The number of nitrogens with zero attached hydrogens (tertiary/aromatic N) is 3. The molecule has 4 N–H and O–H groups in total. The van der Waals surface area contributed by atoms with E-state index in [9.17, 15) is 9.18 Å². The summed E-state index contributed by atoms with van der Waals surface area (Å²) in [6.07, 6.45) is 3.41. The van der Waals surface area contributed by atoms with Gasteiger partial charge in [-0.1, -0.05) is 12.1 Å². The largest absolute Gasteiger partial charge is 0.399 e. The Bertz CT molecular complexity index is 1210. The zero-order valence-corrected chi connectivity index (χ0v) is 17.6. The SMILES string of the molecule is CC(Nc1nc(C(=O)NCCc2ccc(N)cc2)c2sccc2n1)c1cncc(F)c1. The number of hydrogen-bond acceptors (Lipinski definition) is 7. The number of nitrogens with one attached hydrogen (secondary N) is 2. The van der Waals surface area contributed by atoms with Gasteiger partial charge in [0, 0.05) is 18.4 Å². The second-order valence-electron chi connectivity index (χ2n) is 7.08. The number of carbonyl (C=O) groups is 1. The van der Waals surface area contributed by atoms with E-state index in [-0.39, 0.29) is 11.9 Å². The molecule has 0 aliphatic heterocycles. The zero-order chi connectivity index (χ0) is 21.8. The van der Waals surface area contributed by atoms with E-state index in [1.165, 1.54) is 17.4 Å². The highest BCUT2D eigenvalue weighted by atomic mass is 32.1. The summed E-state index contributed by atoms with van der Waals surface area (Å²) in [5, 5.41) is 7.93. The van der Waals surface area contributed by atoms with Crippen LogP contribution in [0.5, 0.6) is 0 Å². The number of halogens is 1. The van der Waals surface area contributed by atoms with Gasteiger partial charge in [-0.15, -0.1) is 11.3 Å². The molecule has 1 amide bonds. The van der Waals surface area contributed by atoms with Crippen LogP contribution in [-0.4, -0.2) is 27.4 Å². The van der Waals surface area contributed by atoms with Gasteiger partial charge in [0.15, 0.2) is 5.69 Å². The molecule has 9 heteroatoms. The second kappa shape index (κ2) is 9.05. The number of fused-ring (bicyclic) bond motifs is 1. The van der Waals surface area contributed by atoms with Crippen LogP contribution in [0.15, 0.2) is 54.2 Å². The fraction of sp³-hybridized carbons (Fsp3) is 0.182. The van der Waals surface area contributed by atoms with Crippen molar-refractivity contribution in [2.45, 2.75) is 19.4 Å². The summed E-state index contributed by atoms with van der Waals surface area (Å²) < 4.78 is 14.2. The molecule has 1 aromatic carbocycles. The van der Waals surface area contributed by atoms with Crippen LogP contribution in [0.25, 0.3) is 10.2 Å². The van der Waals surface area contributed by atoms with Gasteiger partial charge >= 0.3 is 0 Å². The van der Waals surface area contributed by atoms with Gasteiger partial charge in [0.25, 0.3) is 5.91 Å². The Morgan fingerprint density at radius 3 is 2.77 bits per heavy atom. The standard InChI is InChI=1S/C22H21FN6OS/c1-13(15-10-16(23)12-25-11-15)27-22-28-18-7-9-31-20(18)19(29-22)21(30)26-8-6-14-2-4-17(24)5-3-14/h2-5,7,9-13H,6,8,24H2,1H3,(H,26,30)(H,27,28,29). The third-order valence-electron chi connectivity index (χ3n) is 4.77. The highest BCUT2D eigenvalue weighted by molar-refractivity contribution is 7.17. The van der Waals surface area contributed by atoms with Crippen LogP contribution in [0.1, 0.15) is 34.6 Å². The van der Waals surface area contributed by atoms with Gasteiger partial charge in [-0.25, -0.2) is 14.4 Å². The lowest BCUT2D eigenvalue weighted by Crippen LogP contribution is -2.27. The summed E-state index contributed by atoms with van der Waals surface area (Å²) in [4.78, 5) is 25.7.